The molecule has 0 saturated carbocycles. The van der Waals surface area contributed by atoms with Crippen molar-refractivity contribution >= 4 is 16.6 Å². The van der Waals surface area contributed by atoms with Crippen molar-refractivity contribution in [3.05, 3.63) is 71.9 Å². The van der Waals surface area contributed by atoms with E-state index < -0.39 is 0 Å². The number of anilines is 1. The molecule has 3 rings (SSSR count). The highest BCUT2D eigenvalue weighted by Gasteiger charge is 2.01. The van der Waals surface area contributed by atoms with Gasteiger partial charge < -0.3 is 5.32 Å². The Balaban J connectivity index is 1.84. The lowest BCUT2D eigenvalue weighted by molar-refractivity contribution is 1.12. The normalized spacial score (nSPS) is 10.6. The quantitative estimate of drug-likeness (QED) is 0.753. The van der Waals surface area contributed by atoms with Crippen molar-refractivity contribution in [2.75, 3.05) is 5.32 Å². The molecule has 2 nitrogen and oxygen atoms in total. The van der Waals surface area contributed by atoms with Crippen LogP contribution in [0.5, 0.6) is 0 Å². The minimum absolute atomic E-state index is 0.793. The summed E-state index contributed by atoms with van der Waals surface area (Å²) in [5.41, 5.74) is 2.55. The van der Waals surface area contributed by atoms with Crippen molar-refractivity contribution in [2.24, 2.45) is 0 Å². The van der Waals surface area contributed by atoms with Crippen LogP contribution < -0.4 is 5.32 Å². The number of nitrogens with zero attached hydrogens (tertiary/aromatic N) is 1. The van der Waals surface area contributed by atoms with Crippen LogP contribution in [0.3, 0.4) is 0 Å². The van der Waals surface area contributed by atoms with E-state index in [2.05, 4.69) is 53.6 Å². The lowest BCUT2D eigenvalue weighted by atomic mass is 10.1. The van der Waals surface area contributed by atoms with Crippen LogP contribution in [0.2, 0.25) is 0 Å². The average molecular weight is 248 g/mol. The highest BCUT2D eigenvalue weighted by atomic mass is 15.0. The Morgan fingerprint density at radius 1 is 0.947 bits per heavy atom. The van der Waals surface area contributed by atoms with E-state index in [-0.39, 0.29) is 0 Å². The van der Waals surface area contributed by atoms with E-state index in [0.717, 1.165) is 17.7 Å². The van der Waals surface area contributed by atoms with Crippen LogP contribution in [-0.4, -0.2) is 4.98 Å². The van der Waals surface area contributed by atoms with Crippen molar-refractivity contribution in [3.63, 3.8) is 0 Å². The van der Waals surface area contributed by atoms with Gasteiger partial charge in [-0.2, -0.15) is 0 Å². The first-order valence-electron chi connectivity index (χ1n) is 6.46. The third kappa shape index (κ3) is 2.58. The number of benzene rings is 2. The van der Waals surface area contributed by atoms with Crippen molar-refractivity contribution in [2.45, 2.75) is 13.5 Å². The van der Waals surface area contributed by atoms with E-state index in [1.54, 1.807) is 0 Å². The monoisotopic (exact) mass is 248 g/mol. The van der Waals surface area contributed by atoms with Gasteiger partial charge in [-0.1, -0.05) is 54.1 Å². The number of aryl methyl sites for hydroxylation is 1. The maximum Gasteiger partial charge on any atom is 0.134 e. The maximum atomic E-state index is 4.43. The largest absolute Gasteiger partial charge is 0.365 e. The minimum Gasteiger partial charge on any atom is -0.365 e. The standard InChI is InChI=1S/C17H16N2/c1-13-6-8-14(9-7-13)12-19-17-16-5-3-2-4-15(16)10-11-18-17/h2-11H,12H2,1H3,(H,18,19). The first-order valence-corrected chi connectivity index (χ1v) is 6.46. The van der Waals surface area contributed by atoms with E-state index in [4.69, 9.17) is 0 Å². The molecule has 0 saturated heterocycles. The molecule has 3 aromatic rings. The smallest absolute Gasteiger partial charge is 0.134 e. The summed E-state index contributed by atoms with van der Waals surface area (Å²) in [6.45, 7) is 2.89. The Labute approximate surface area is 113 Å². The third-order valence-electron chi connectivity index (χ3n) is 3.25. The Bertz CT molecular complexity index is 682. The van der Waals surface area contributed by atoms with Crippen molar-refractivity contribution in [3.8, 4) is 0 Å². The minimum atomic E-state index is 0.793. The van der Waals surface area contributed by atoms with E-state index in [0.29, 0.717) is 0 Å². The molecule has 0 aliphatic carbocycles. The van der Waals surface area contributed by atoms with Crippen LogP contribution >= 0.6 is 0 Å². The van der Waals surface area contributed by atoms with Crippen LogP contribution in [0.15, 0.2) is 60.8 Å². The maximum absolute atomic E-state index is 4.43. The lowest BCUT2D eigenvalue weighted by Gasteiger charge is -2.09. The zero-order chi connectivity index (χ0) is 13.1. The van der Waals surface area contributed by atoms with Crippen LogP contribution in [0.1, 0.15) is 11.1 Å². The highest BCUT2D eigenvalue weighted by molar-refractivity contribution is 5.91. The number of pyridine rings is 1. The molecule has 0 bridgehead atoms. The predicted molar refractivity (Wildman–Crippen MR) is 80.2 cm³/mol. The van der Waals surface area contributed by atoms with Crippen molar-refractivity contribution < 1.29 is 0 Å². The zero-order valence-corrected chi connectivity index (χ0v) is 10.9. The summed E-state index contributed by atoms with van der Waals surface area (Å²) in [7, 11) is 0. The van der Waals surface area contributed by atoms with Crippen LogP contribution in [-0.2, 0) is 6.54 Å². The first kappa shape index (κ1) is 11.7. The second-order valence-corrected chi connectivity index (χ2v) is 4.72. The van der Waals surface area contributed by atoms with Gasteiger partial charge in [0.15, 0.2) is 0 Å². The predicted octanol–water partition coefficient (Wildman–Crippen LogP) is 4.16. The summed E-state index contributed by atoms with van der Waals surface area (Å²) >= 11 is 0. The number of hydrogen-bond acceptors (Lipinski definition) is 2. The second kappa shape index (κ2) is 5.11. The Morgan fingerprint density at radius 3 is 2.58 bits per heavy atom. The molecule has 0 spiro atoms. The Kier molecular flexibility index (Phi) is 3.15. The zero-order valence-electron chi connectivity index (χ0n) is 10.9. The molecule has 0 atom stereocenters. The summed E-state index contributed by atoms with van der Waals surface area (Å²) < 4.78 is 0. The molecular weight excluding hydrogens is 232 g/mol. The number of aromatic nitrogens is 1. The van der Waals surface area contributed by atoms with E-state index in [9.17, 15) is 0 Å². The van der Waals surface area contributed by atoms with Gasteiger partial charge in [0.05, 0.1) is 0 Å². The van der Waals surface area contributed by atoms with Gasteiger partial charge >= 0.3 is 0 Å². The van der Waals surface area contributed by atoms with Crippen molar-refractivity contribution in [1.82, 2.24) is 4.98 Å². The average Bonchev–Trinajstić information content (AvgIpc) is 2.47. The fourth-order valence-electron chi connectivity index (χ4n) is 2.15. The van der Waals surface area contributed by atoms with Gasteiger partial charge in [-0.25, -0.2) is 4.98 Å². The fourth-order valence-corrected chi connectivity index (χ4v) is 2.15. The number of rotatable bonds is 3. The van der Waals surface area contributed by atoms with Crippen LogP contribution in [0.25, 0.3) is 10.8 Å². The molecule has 2 aromatic carbocycles. The highest BCUT2D eigenvalue weighted by Crippen LogP contribution is 2.20. The summed E-state index contributed by atoms with van der Waals surface area (Å²) in [6, 6.07) is 18.9. The van der Waals surface area contributed by atoms with Gasteiger partial charge in [0.2, 0.25) is 0 Å². The van der Waals surface area contributed by atoms with Gasteiger partial charge in [0.25, 0.3) is 0 Å². The van der Waals surface area contributed by atoms with Gasteiger partial charge in [-0.05, 0) is 23.9 Å². The van der Waals surface area contributed by atoms with Gasteiger partial charge in [-0.15, -0.1) is 0 Å². The molecular formula is C17H16N2. The third-order valence-corrected chi connectivity index (χ3v) is 3.25. The Hall–Kier alpha value is -2.35. The summed E-state index contributed by atoms with van der Waals surface area (Å²) in [6.07, 6.45) is 1.85. The SMILES string of the molecule is Cc1ccc(CNc2nccc3ccccc23)cc1. The van der Waals surface area contributed by atoms with Crippen LogP contribution in [0.4, 0.5) is 5.82 Å². The molecule has 2 heteroatoms. The van der Waals surface area contributed by atoms with E-state index >= 15 is 0 Å². The number of fused-ring (bicyclic) bond motifs is 1. The van der Waals surface area contributed by atoms with Gasteiger partial charge in [0, 0.05) is 18.1 Å². The first-order chi connectivity index (χ1) is 9.33. The topological polar surface area (TPSA) is 24.9 Å². The molecule has 19 heavy (non-hydrogen) atoms. The summed E-state index contributed by atoms with van der Waals surface area (Å²) in [5, 5.41) is 5.79. The molecule has 1 N–H and O–H groups in total. The van der Waals surface area contributed by atoms with Gasteiger partial charge in [-0.3, -0.25) is 0 Å². The van der Waals surface area contributed by atoms with Gasteiger partial charge in [0.1, 0.15) is 5.82 Å². The van der Waals surface area contributed by atoms with E-state index in [1.807, 2.05) is 24.4 Å². The molecule has 0 amide bonds. The fraction of sp³-hybridized carbons (Fsp3) is 0.118. The molecule has 94 valence electrons. The number of nitrogens with one attached hydrogen (secondary N) is 1. The second-order valence-electron chi connectivity index (χ2n) is 4.72. The van der Waals surface area contributed by atoms with E-state index in [1.165, 1.54) is 16.5 Å². The summed E-state index contributed by atoms with van der Waals surface area (Å²) in [4.78, 5) is 4.43. The number of hydrogen-bond donors (Lipinski definition) is 1. The molecule has 1 heterocycles. The Morgan fingerprint density at radius 2 is 1.74 bits per heavy atom. The molecule has 0 radical (unpaired) electrons. The molecule has 0 unspecified atom stereocenters. The molecule has 0 aliphatic rings. The van der Waals surface area contributed by atoms with Crippen molar-refractivity contribution in [1.29, 1.82) is 0 Å². The van der Waals surface area contributed by atoms with Crippen LogP contribution in [0, 0.1) is 6.92 Å². The molecule has 0 fully saturated rings. The molecule has 0 aliphatic heterocycles. The lowest BCUT2D eigenvalue weighted by Crippen LogP contribution is -2.01. The summed E-state index contributed by atoms with van der Waals surface area (Å²) in [5.74, 6) is 0.943. The molecule has 1 aromatic heterocycles.